The Hall–Kier alpha value is -0.900. The average Bonchev–Trinajstić information content (AvgIpc) is 2.88. The van der Waals surface area contributed by atoms with Gasteiger partial charge in [-0.25, -0.2) is 0 Å². The van der Waals surface area contributed by atoms with Crippen LogP contribution in [0.1, 0.15) is 76.1 Å². The monoisotopic (exact) mass is 262 g/mol. The maximum atomic E-state index is 6.57. The van der Waals surface area contributed by atoms with E-state index >= 15 is 0 Å². The largest absolute Gasteiger partial charge is 0.325 e. The molecule has 0 unspecified atom stereocenters. The molecule has 2 aliphatic carbocycles. The summed E-state index contributed by atoms with van der Waals surface area (Å²) in [5.74, 6) is 1.12. The van der Waals surface area contributed by atoms with Crippen LogP contribution in [0.15, 0.2) is 6.33 Å². The Labute approximate surface area is 115 Å². The number of hydrogen-bond donors (Lipinski definition) is 1. The molecule has 1 aromatic heterocycles. The highest BCUT2D eigenvalue weighted by Crippen LogP contribution is 2.32. The van der Waals surface area contributed by atoms with Gasteiger partial charge in [-0.15, -0.1) is 10.2 Å². The predicted molar refractivity (Wildman–Crippen MR) is 75.9 cm³/mol. The maximum absolute atomic E-state index is 6.57. The van der Waals surface area contributed by atoms with E-state index in [1.807, 2.05) is 6.33 Å². The first-order valence-corrected chi connectivity index (χ1v) is 7.94. The van der Waals surface area contributed by atoms with Gasteiger partial charge in [0.15, 0.2) is 0 Å². The molecule has 2 N–H and O–H groups in total. The molecule has 0 aliphatic heterocycles. The molecule has 19 heavy (non-hydrogen) atoms. The Morgan fingerprint density at radius 3 is 2.53 bits per heavy atom. The van der Waals surface area contributed by atoms with Crippen LogP contribution in [-0.4, -0.2) is 20.3 Å². The van der Waals surface area contributed by atoms with Gasteiger partial charge < -0.3 is 10.3 Å². The minimum atomic E-state index is -0.0301. The summed E-state index contributed by atoms with van der Waals surface area (Å²) in [7, 11) is 0. The minimum Gasteiger partial charge on any atom is -0.325 e. The van der Waals surface area contributed by atoms with Crippen molar-refractivity contribution in [2.75, 3.05) is 0 Å². The Kier molecular flexibility index (Phi) is 3.87. The molecule has 0 amide bonds. The fourth-order valence-corrected chi connectivity index (χ4v) is 3.80. The number of aromatic nitrogens is 3. The molecule has 4 nitrogen and oxygen atoms in total. The second kappa shape index (κ2) is 5.61. The fourth-order valence-electron chi connectivity index (χ4n) is 3.80. The lowest BCUT2D eigenvalue weighted by atomic mass is 9.80. The molecule has 2 aliphatic rings. The Morgan fingerprint density at radius 2 is 1.79 bits per heavy atom. The predicted octanol–water partition coefficient (Wildman–Crippen LogP) is 2.99. The molecule has 0 atom stereocenters. The normalized spacial score (nSPS) is 24.5. The lowest BCUT2D eigenvalue weighted by Crippen LogP contribution is -2.44. The number of rotatable bonds is 3. The van der Waals surface area contributed by atoms with Gasteiger partial charge in [-0.05, 0) is 25.7 Å². The van der Waals surface area contributed by atoms with Crippen molar-refractivity contribution in [3.63, 3.8) is 0 Å². The zero-order chi connectivity index (χ0) is 13.1. The Balaban J connectivity index is 1.72. The zero-order valence-corrected chi connectivity index (χ0v) is 11.9. The van der Waals surface area contributed by atoms with Gasteiger partial charge in [0, 0.05) is 18.0 Å². The van der Waals surface area contributed by atoms with Crippen LogP contribution in [0.2, 0.25) is 0 Å². The standard InChI is InChI=1S/C15H26N4/c16-15(9-5-2-6-10-15)11-14-18-17-12-19(14)13-7-3-1-4-8-13/h12-13H,1-11,16H2. The highest BCUT2D eigenvalue weighted by atomic mass is 15.3. The molecule has 0 spiro atoms. The highest BCUT2D eigenvalue weighted by molar-refractivity contribution is 5.01. The quantitative estimate of drug-likeness (QED) is 0.911. The van der Waals surface area contributed by atoms with Gasteiger partial charge in [0.05, 0.1) is 0 Å². The van der Waals surface area contributed by atoms with E-state index in [2.05, 4.69) is 14.8 Å². The van der Waals surface area contributed by atoms with E-state index in [0.717, 1.165) is 25.1 Å². The van der Waals surface area contributed by atoms with E-state index in [1.54, 1.807) is 0 Å². The number of hydrogen-bond acceptors (Lipinski definition) is 3. The molecule has 0 radical (unpaired) electrons. The summed E-state index contributed by atoms with van der Waals surface area (Å²) in [6.07, 6.45) is 15.6. The third-order valence-corrected chi connectivity index (χ3v) is 4.97. The lowest BCUT2D eigenvalue weighted by Gasteiger charge is -2.34. The van der Waals surface area contributed by atoms with Crippen molar-refractivity contribution in [1.29, 1.82) is 0 Å². The van der Waals surface area contributed by atoms with E-state index in [0.29, 0.717) is 6.04 Å². The first kappa shape index (κ1) is 13.1. The fraction of sp³-hybridized carbons (Fsp3) is 0.867. The highest BCUT2D eigenvalue weighted by Gasteiger charge is 2.30. The summed E-state index contributed by atoms with van der Waals surface area (Å²) in [4.78, 5) is 0. The van der Waals surface area contributed by atoms with E-state index < -0.39 is 0 Å². The van der Waals surface area contributed by atoms with Crippen molar-refractivity contribution in [1.82, 2.24) is 14.8 Å². The zero-order valence-electron chi connectivity index (χ0n) is 11.9. The molecular weight excluding hydrogens is 236 g/mol. The van der Waals surface area contributed by atoms with Gasteiger partial charge in [-0.2, -0.15) is 0 Å². The summed E-state index contributed by atoms with van der Waals surface area (Å²) in [5, 5.41) is 8.51. The van der Waals surface area contributed by atoms with E-state index in [1.165, 1.54) is 51.4 Å². The molecule has 0 saturated heterocycles. The van der Waals surface area contributed by atoms with E-state index in [-0.39, 0.29) is 5.54 Å². The average molecular weight is 262 g/mol. The molecule has 3 rings (SSSR count). The first-order valence-electron chi connectivity index (χ1n) is 7.94. The van der Waals surface area contributed by atoms with Gasteiger partial charge in [0.25, 0.3) is 0 Å². The van der Waals surface area contributed by atoms with Crippen molar-refractivity contribution < 1.29 is 0 Å². The smallest absolute Gasteiger partial charge is 0.134 e. The van der Waals surface area contributed by atoms with Crippen LogP contribution >= 0.6 is 0 Å². The molecule has 106 valence electrons. The van der Waals surface area contributed by atoms with Crippen molar-refractivity contribution in [3.05, 3.63) is 12.2 Å². The van der Waals surface area contributed by atoms with Gasteiger partial charge in [0.2, 0.25) is 0 Å². The summed E-state index contributed by atoms with van der Waals surface area (Å²) in [6.45, 7) is 0. The molecule has 1 heterocycles. The molecule has 1 aromatic rings. The van der Waals surface area contributed by atoms with Gasteiger partial charge in [-0.1, -0.05) is 38.5 Å². The van der Waals surface area contributed by atoms with Crippen LogP contribution < -0.4 is 5.73 Å². The lowest BCUT2D eigenvalue weighted by molar-refractivity contribution is 0.277. The van der Waals surface area contributed by atoms with Crippen molar-refractivity contribution >= 4 is 0 Å². The summed E-state index contributed by atoms with van der Waals surface area (Å²) >= 11 is 0. The molecule has 0 aromatic carbocycles. The van der Waals surface area contributed by atoms with Crippen LogP contribution in [0, 0.1) is 0 Å². The molecule has 4 heteroatoms. The second-order valence-electron chi connectivity index (χ2n) is 6.55. The number of nitrogens with zero attached hydrogens (tertiary/aromatic N) is 3. The summed E-state index contributed by atoms with van der Waals surface area (Å²) in [5.41, 5.74) is 6.54. The summed E-state index contributed by atoms with van der Waals surface area (Å²) in [6, 6.07) is 0.617. The second-order valence-corrected chi connectivity index (χ2v) is 6.55. The van der Waals surface area contributed by atoms with Crippen molar-refractivity contribution in [3.8, 4) is 0 Å². The molecule has 0 bridgehead atoms. The third kappa shape index (κ3) is 2.99. The topological polar surface area (TPSA) is 56.7 Å². The van der Waals surface area contributed by atoms with E-state index in [4.69, 9.17) is 5.73 Å². The van der Waals surface area contributed by atoms with Crippen LogP contribution in [-0.2, 0) is 6.42 Å². The van der Waals surface area contributed by atoms with Crippen LogP contribution in [0.3, 0.4) is 0 Å². The van der Waals surface area contributed by atoms with Crippen molar-refractivity contribution in [2.24, 2.45) is 5.73 Å². The van der Waals surface area contributed by atoms with Crippen LogP contribution in [0.25, 0.3) is 0 Å². The first-order chi connectivity index (χ1) is 9.27. The molecule has 2 saturated carbocycles. The SMILES string of the molecule is NC1(Cc2nncn2C2CCCCC2)CCCCC1. The van der Waals surface area contributed by atoms with Crippen molar-refractivity contribution in [2.45, 2.75) is 82.2 Å². The maximum Gasteiger partial charge on any atom is 0.134 e. The Morgan fingerprint density at radius 1 is 1.11 bits per heavy atom. The minimum absolute atomic E-state index is 0.0301. The van der Waals surface area contributed by atoms with Crippen LogP contribution in [0.5, 0.6) is 0 Å². The molecule has 2 fully saturated rings. The third-order valence-electron chi connectivity index (χ3n) is 4.97. The van der Waals surface area contributed by atoms with Gasteiger partial charge >= 0.3 is 0 Å². The molecular formula is C15H26N4. The van der Waals surface area contributed by atoms with Gasteiger partial charge in [-0.3, -0.25) is 0 Å². The van der Waals surface area contributed by atoms with Crippen LogP contribution in [0.4, 0.5) is 0 Å². The summed E-state index contributed by atoms with van der Waals surface area (Å²) < 4.78 is 2.32. The Bertz CT molecular complexity index is 400. The number of nitrogens with two attached hydrogens (primary N) is 1. The van der Waals surface area contributed by atoms with E-state index in [9.17, 15) is 0 Å². The van der Waals surface area contributed by atoms with Gasteiger partial charge in [0.1, 0.15) is 12.2 Å².